The number of fused-ring (bicyclic) bond motifs is 2. The third-order valence-electron chi connectivity index (χ3n) is 14.6. The molecule has 0 bridgehead atoms. The maximum atomic E-state index is 14.4. The molecule has 0 spiro atoms. The zero-order valence-corrected chi connectivity index (χ0v) is 50.8. The van der Waals surface area contributed by atoms with Crippen molar-refractivity contribution in [2.24, 2.45) is 23.3 Å². The average molecular weight is 1220 g/mol. The summed E-state index contributed by atoms with van der Waals surface area (Å²) in [4.78, 5) is 162. The van der Waals surface area contributed by atoms with Crippen LogP contribution in [0.2, 0.25) is 0 Å². The number of nitrogens with one attached hydrogen (secondary N) is 10. The number of hydrogen-bond donors (Lipinski definition) is 12. The van der Waals surface area contributed by atoms with Gasteiger partial charge in [-0.05, 0) is 80.7 Å². The molecule has 472 valence electrons. The Morgan fingerprint density at radius 1 is 0.648 bits per heavy atom. The number of ether oxygens (including phenoxy) is 1. The fourth-order valence-corrected chi connectivity index (χ4v) is 10.1. The number of aromatic nitrogens is 3. The van der Waals surface area contributed by atoms with E-state index in [2.05, 4.69) is 57.5 Å². The number of nitrogens with zero attached hydrogens (tertiary/aromatic N) is 2. The monoisotopic (exact) mass is 1210 g/mol. The summed E-state index contributed by atoms with van der Waals surface area (Å²) in [5.74, 6) is -8.42. The second kappa shape index (κ2) is 31.2. The van der Waals surface area contributed by atoms with Crippen molar-refractivity contribution in [1.29, 1.82) is 0 Å². The van der Waals surface area contributed by atoms with Gasteiger partial charge in [-0.25, -0.2) is 9.78 Å². The summed E-state index contributed by atoms with van der Waals surface area (Å²) in [6.07, 6.45) is 3.03. The van der Waals surface area contributed by atoms with Crippen molar-refractivity contribution in [2.75, 3.05) is 6.54 Å². The van der Waals surface area contributed by atoms with E-state index >= 15 is 0 Å². The second-order valence-electron chi connectivity index (χ2n) is 23.7. The highest BCUT2D eigenvalue weighted by atomic mass is 16.6. The van der Waals surface area contributed by atoms with Gasteiger partial charge in [0.25, 0.3) is 0 Å². The van der Waals surface area contributed by atoms with E-state index < -0.39 is 132 Å². The number of alkyl carbamates (subject to hydrolysis) is 1. The Morgan fingerprint density at radius 2 is 1.25 bits per heavy atom. The van der Waals surface area contributed by atoms with Gasteiger partial charge < -0.3 is 73.6 Å². The molecule has 3 heterocycles. The number of benzene rings is 3. The van der Waals surface area contributed by atoms with Crippen molar-refractivity contribution in [3.8, 4) is 0 Å². The molecule has 26 heteroatoms. The first-order valence-electron chi connectivity index (χ1n) is 29.3. The lowest BCUT2D eigenvalue weighted by Gasteiger charge is -2.38. The van der Waals surface area contributed by atoms with Crippen LogP contribution in [0.25, 0.3) is 10.9 Å². The Labute approximate surface area is 510 Å². The van der Waals surface area contributed by atoms with Crippen LogP contribution in [-0.2, 0) is 84.9 Å². The minimum atomic E-state index is -1.48. The third kappa shape index (κ3) is 20.0. The molecule has 5 aromatic rings. The Morgan fingerprint density at radius 3 is 1.89 bits per heavy atom. The largest absolute Gasteiger partial charge is 0.444 e. The fourth-order valence-electron chi connectivity index (χ4n) is 10.1. The number of amides is 11. The number of H-pyrrole nitrogens is 2. The van der Waals surface area contributed by atoms with E-state index in [-0.39, 0.29) is 57.4 Å². The molecule has 0 saturated carbocycles. The summed E-state index contributed by atoms with van der Waals surface area (Å²) in [7, 11) is 0. The molecule has 0 saturated heterocycles. The van der Waals surface area contributed by atoms with Gasteiger partial charge in [0.15, 0.2) is 0 Å². The number of carbonyl (C=O) groups is 11. The SMILES string of the molecule is CC(C)C[C@H](NC(=O)[C@H](Cc1cnc[nH]1)NC(=O)CNC(=O)[C@@H](NC(=O)[C@H](C)NC(=O)[C@H](Cc1c[nH]c2ccccc12)NC(=O)[C@H](CCC(N)=O)NC(=O)[C@@H](Cc1ccccc1)NC(=O)OC(C)(C)C)C(C)C)C(=O)N1Cc2ccccc2C[C@H]1C(N)=O. The number of hydrogen-bond acceptors (Lipinski definition) is 13. The number of para-hydroxylation sites is 1. The van der Waals surface area contributed by atoms with Crippen molar-refractivity contribution in [1.82, 2.24) is 62.4 Å². The highest BCUT2D eigenvalue weighted by Gasteiger charge is 2.39. The predicted octanol–water partition coefficient (Wildman–Crippen LogP) is 1.26. The molecule has 0 fully saturated rings. The molecule has 8 atom stereocenters. The number of carbonyl (C=O) groups excluding carboxylic acids is 11. The molecule has 0 radical (unpaired) electrons. The van der Waals surface area contributed by atoms with Gasteiger partial charge in [0.1, 0.15) is 53.9 Å². The first-order valence-corrected chi connectivity index (χ1v) is 29.3. The topological polar surface area (TPSA) is 393 Å². The molecule has 1 aliphatic rings. The molecule has 1 aliphatic heterocycles. The van der Waals surface area contributed by atoms with Crippen LogP contribution in [0.4, 0.5) is 4.79 Å². The second-order valence-corrected chi connectivity index (χ2v) is 23.7. The van der Waals surface area contributed by atoms with E-state index in [0.717, 1.165) is 22.0 Å². The third-order valence-corrected chi connectivity index (χ3v) is 14.6. The molecule has 2 aromatic heterocycles. The van der Waals surface area contributed by atoms with Gasteiger partial charge in [0.05, 0.1) is 12.9 Å². The lowest BCUT2D eigenvalue weighted by Crippen LogP contribution is -2.60. The smallest absolute Gasteiger partial charge is 0.408 e. The molecule has 88 heavy (non-hydrogen) atoms. The van der Waals surface area contributed by atoms with E-state index in [1.807, 2.05) is 44.2 Å². The van der Waals surface area contributed by atoms with E-state index in [9.17, 15) is 52.7 Å². The standard InChI is InChI=1S/C62H82N14O12/c1-34(2)24-48(60(86)76-32-39-19-13-12-18-38(39)27-49(76)53(64)79)73-58(84)47(28-41-30-65-33-68-41)70-51(78)31-67-59(85)52(35(3)4)75-54(80)36(5)69-56(82)46(26-40-29-66-43-21-15-14-20-42(40)43)72-55(81)44(22-23-50(63)77)71-57(83)45(25-37-16-10-9-11-17-37)74-61(87)88-62(6,7)8/h9-21,29-30,33-36,44-49,52,66H,22-28,31-32H2,1-8H3,(H2,63,77)(H2,64,79)(H,65,68)(H,67,85)(H,69,82)(H,70,78)(H,71,83)(H,72,81)(H,73,84)(H,74,87)(H,75,80)/t36-,44-,45+,46-,47-,48-,49-,52-/m0/s1. The number of nitrogens with two attached hydrogens (primary N) is 2. The zero-order valence-electron chi connectivity index (χ0n) is 50.8. The van der Waals surface area contributed by atoms with Crippen molar-refractivity contribution in [2.45, 2.75) is 161 Å². The Kier molecular flexibility index (Phi) is 23.9. The first kappa shape index (κ1) is 67.5. The Hall–Kier alpha value is -9.62. The maximum absolute atomic E-state index is 14.4. The highest BCUT2D eigenvalue weighted by Crippen LogP contribution is 2.26. The van der Waals surface area contributed by atoms with Gasteiger partial charge in [0.2, 0.25) is 59.1 Å². The fraction of sp³-hybridized carbons (Fsp3) is 0.452. The molecule has 0 unspecified atom stereocenters. The number of imidazole rings is 1. The van der Waals surface area contributed by atoms with E-state index in [1.165, 1.54) is 24.3 Å². The van der Waals surface area contributed by atoms with Gasteiger partial charge >= 0.3 is 6.09 Å². The number of rotatable bonds is 29. The van der Waals surface area contributed by atoms with Crippen LogP contribution in [0.3, 0.4) is 0 Å². The van der Waals surface area contributed by atoms with Crippen LogP contribution >= 0.6 is 0 Å². The lowest BCUT2D eigenvalue weighted by molar-refractivity contribution is -0.144. The molecule has 0 aliphatic carbocycles. The average Bonchev–Trinajstić information content (AvgIpc) is 4.37. The quantitative estimate of drug-likeness (QED) is 0.0321. The molecule has 11 amide bonds. The molecule has 3 aromatic carbocycles. The van der Waals surface area contributed by atoms with Gasteiger partial charge in [0, 0.05) is 67.6 Å². The van der Waals surface area contributed by atoms with E-state index in [0.29, 0.717) is 16.8 Å². The normalized spacial score (nSPS) is 15.4. The van der Waals surface area contributed by atoms with E-state index in [4.69, 9.17) is 16.2 Å². The van der Waals surface area contributed by atoms with Gasteiger partial charge in [-0.1, -0.05) is 100 Å². The zero-order chi connectivity index (χ0) is 64.4. The minimum absolute atomic E-state index is 0.0198. The van der Waals surface area contributed by atoms with Crippen LogP contribution < -0.4 is 54.0 Å². The van der Waals surface area contributed by atoms with Crippen LogP contribution in [-0.4, -0.2) is 145 Å². The van der Waals surface area contributed by atoms with Crippen LogP contribution in [0.1, 0.15) is 103 Å². The van der Waals surface area contributed by atoms with Gasteiger partial charge in [-0.2, -0.15) is 0 Å². The number of aromatic amines is 2. The minimum Gasteiger partial charge on any atom is -0.444 e. The summed E-state index contributed by atoms with van der Waals surface area (Å²) in [5, 5.41) is 21.8. The number of primary amides is 2. The van der Waals surface area contributed by atoms with Crippen LogP contribution in [0.15, 0.2) is 97.6 Å². The molecule has 14 N–H and O–H groups in total. The van der Waals surface area contributed by atoms with Crippen LogP contribution in [0, 0.1) is 11.8 Å². The Bertz CT molecular complexity index is 3290. The summed E-state index contributed by atoms with van der Waals surface area (Å²) < 4.78 is 5.43. The van der Waals surface area contributed by atoms with Crippen molar-refractivity contribution in [3.63, 3.8) is 0 Å². The molecule has 6 rings (SSSR count). The summed E-state index contributed by atoms with van der Waals surface area (Å²) in [6, 6.07) is 13.1. The highest BCUT2D eigenvalue weighted by molar-refractivity contribution is 5.98. The van der Waals surface area contributed by atoms with Crippen molar-refractivity contribution < 1.29 is 57.5 Å². The summed E-state index contributed by atoms with van der Waals surface area (Å²) in [6.45, 7) is 12.7. The summed E-state index contributed by atoms with van der Waals surface area (Å²) in [5.41, 5.74) is 14.5. The molecule has 26 nitrogen and oxygen atoms in total. The van der Waals surface area contributed by atoms with Gasteiger partial charge in [-0.15, -0.1) is 0 Å². The van der Waals surface area contributed by atoms with Gasteiger partial charge in [-0.3, -0.25) is 47.9 Å². The molecular weight excluding hydrogens is 1130 g/mol. The molecular formula is C62H82N14O12. The Balaban J connectivity index is 1.13. The predicted molar refractivity (Wildman–Crippen MR) is 324 cm³/mol. The summed E-state index contributed by atoms with van der Waals surface area (Å²) >= 11 is 0. The van der Waals surface area contributed by atoms with Crippen LogP contribution in [0.5, 0.6) is 0 Å². The maximum Gasteiger partial charge on any atom is 0.408 e. The van der Waals surface area contributed by atoms with Crippen molar-refractivity contribution in [3.05, 3.63) is 126 Å². The lowest BCUT2D eigenvalue weighted by atomic mass is 9.92. The van der Waals surface area contributed by atoms with E-state index in [1.54, 1.807) is 89.3 Å². The van der Waals surface area contributed by atoms with Crippen molar-refractivity contribution >= 4 is 76.1 Å². The first-order chi connectivity index (χ1) is 41.7.